The first kappa shape index (κ1) is 35.8. The number of carbonyl (C=O) groups is 1. The molecule has 49 heavy (non-hydrogen) atoms. The number of hydrogen-bond donors (Lipinski definition) is 0. The van der Waals surface area contributed by atoms with Gasteiger partial charge in [0, 0.05) is 48.2 Å². The van der Waals surface area contributed by atoms with Crippen molar-refractivity contribution in [1.82, 2.24) is 14.3 Å². The Hall–Kier alpha value is -4.50. The van der Waals surface area contributed by atoms with E-state index in [1.807, 2.05) is 30.3 Å². The number of rotatable bonds is 11. The van der Waals surface area contributed by atoms with Crippen molar-refractivity contribution in [3.05, 3.63) is 89.8 Å². The molecule has 1 aromatic heterocycles. The van der Waals surface area contributed by atoms with Crippen molar-refractivity contribution < 1.29 is 40.9 Å². The highest BCUT2D eigenvalue weighted by Crippen LogP contribution is 2.37. The first-order valence-corrected chi connectivity index (χ1v) is 17.7. The van der Waals surface area contributed by atoms with Gasteiger partial charge in [-0.25, -0.2) is 31.3 Å². The van der Waals surface area contributed by atoms with E-state index in [0.29, 0.717) is 36.1 Å². The average Bonchev–Trinajstić information content (AvgIpc) is 3.61. The molecule has 0 spiro atoms. The third-order valence-corrected chi connectivity index (χ3v) is 10.5. The molecule has 15 heteroatoms. The van der Waals surface area contributed by atoms with Gasteiger partial charge < -0.3 is 23.8 Å². The molecule has 2 atom stereocenters. The zero-order valence-electron chi connectivity index (χ0n) is 27.8. The van der Waals surface area contributed by atoms with E-state index in [0.717, 1.165) is 33.8 Å². The molecule has 0 N–H and O–H groups in total. The standard InChI is InChI=1S/C34H38F2N4O7S2/c1-34(2,3)47-33(41)39-14-13-27(22-9-7-6-8-10-22)24(18-39)20-46-29-15-25(35)16-30(31(29)36)49(42,43)40(32-37-21-38-48-32)19-23-11-12-26(44-4)17-28(23)45-5/h6-12,15-17,21,24,27H,13-14,18-20H2,1-5H3/t24-,27+/m1/s1. The number of piperidine rings is 1. The second-order valence-corrected chi connectivity index (χ2v) is 15.0. The topological polar surface area (TPSA) is 120 Å². The van der Waals surface area contributed by atoms with Gasteiger partial charge in [-0.05, 0) is 56.9 Å². The number of benzene rings is 3. The van der Waals surface area contributed by atoms with Crippen molar-refractivity contribution in [2.24, 2.45) is 5.92 Å². The normalized spacial score (nSPS) is 16.6. The molecular weight excluding hydrogens is 679 g/mol. The van der Waals surface area contributed by atoms with Crippen LogP contribution in [-0.4, -0.2) is 68.3 Å². The summed E-state index contributed by atoms with van der Waals surface area (Å²) in [4.78, 5) is 17.6. The van der Waals surface area contributed by atoms with Crippen molar-refractivity contribution in [2.75, 3.05) is 38.2 Å². The SMILES string of the molecule is COc1ccc(CN(c2ncns2)S(=O)(=O)c2cc(F)cc(OC[C@H]3CN(C(=O)OC(C)(C)C)CC[C@H]3c3ccccc3)c2F)c(OC)c1. The van der Waals surface area contributed by atoms with E-state index >= 15 is 8.78 Å². The van der Waals surface area contributed by atoms with Crippen molar-refractivity contribution in [3.63, 3.8) is 0 Å². The molecule has 1 aliphatic rings. The van der Waals surface area contributed by atoms with E-state index in [1.165, 1.54) is 14.2 Å². The summed E-state index contributed by atoms with van der Waals surface area (Å²) in [6.07, 6.45) is 1.26. The van der Waals surface area contributed by atoms with Gasteiger partial charge in [-0.3, -0.25) is 0 Å². The zero-order chi connectivity index (χ0) is 35.3. The lowest BCUT2D eigenvalue weighted by Gasteiger charge is -2.39. The monoisotopic (exact) mass is 716 g/mol. The Bertz CT molecular complexity index is 1860. The fourth-order valence-corrected chi connectivity index (χ4v) is 7.87. The predicted molar refractivity (Wildman–Crippen MR) is 180 cm³/mol. The van der Waals surface area contributed by atoms with Crippen LogP contribution in [0.2, 0.25) is 0 Å². The molecule has 1 fully saturated rings. The molecule has 0 saturated carbocycles. The lowest BCUT2D eigenvalue weighted by molar-refractivity contribution is 0.0110. The molecule has 1 amide bonds. The van der Waals surface area contributed by atoms with Gasteiger partial charge in [0.05, 0.1) is 27.4 Å². The Balaban J connectivity index is 1.45. The predicted octanol–water partition coefficient (Wildman–Crippen LogP) is 6.65. The van der Waals surface area contributed by atoms with Crippen LogP contribution in [-0.2, 0) is 21.3 Å². The van der Waals surface area contributed by atoms with E-state index in [1.54, 1.807) is 43.9 Å². The van der Waals surface area contributed by atoms with E-state index in [4.69, 9.17) is 18.9 Å². The van der Waals surface area contributed by atoms with Gasteiger partial charge in [-0.1, -0.05) is 30.3 Å². The molecule has 0 bridgehead atoms. The van der Waals surface area contributed by atoms with Crippen LogP contribution >= 0.6 is 11.5 Å². The van der Waals surface area contributed by atoms with E-state index in [2.05, 4.69) is 9.36 Å². The number of halogens is 2. The molecule has 2 heterocycles. The average molecular weight is 717 g/mol. The van der Waals surface area contributed by atoms with Crippen molar-refractivity contribution >= 4 is 32.8 Å². The summed E-state index contributed by atoms with van der Waals surface area (Å²) in [5, 5.41) is -0.0702. The molecule has 5 rings (SSSR count). The first-order chi connectivity index (χ1) is 23.3. The second kappa shape index (κ2) is 14.9. The van der Waals surface area contributed by atoms with Crippen LogP contribution in [0.1, 0.15) is 44.2 Å². The minimum absolute atomic E-state index is 0.0702. The van der Waals surface area contributed by atoms with Gasteiger partial charge in [0.15, 0.2) is 11.6 Å². The minimum Gasteiger partial charge on any atom is -0.497 e. The summed E-state index contributed by atoms with van der Waals surface area (Å²) >= 11 is 0.770. The third kappa shape index (κ3) is 8.39. The van der Waals surface area contributed by atoms with Crippen molar-refractivity contribution in [1.29, 1.82) is 0 Å². The fraction of sp³-hybridized carbons (Fsp3) is 0.382. The quantitative estimate of drug-likeness (QED) is 0.168. The van der Waals surface area contributed by atoms with E-state index in [9.17, 15) is 13.2 Å². The van der Waals surface area contributed by atoms with Crippen LogP contribution in [0.4, 0.5) is 18.7 Å². The van der Waals surface area contributed by atoms with Gasteiger partial charge in [0.25, 0.3) is 10.0 Å². The summed E-state index contributed by atoms with van der Waals surface area (Å²) in [6, 6.07) is 15.8. The Labute approximate surface area is 288 Å². The Kier molecular flexibility index (Phi) is 10.9. The molecular formula is C34H38F2N4O7S2. The lowest BCUT2D eigenvalue weighted by atomic mass is 9.81. The van der Waals surface area contributed by atoms with Gasteiger partial charge in [0.1, 0.15) is 34.1 Å². The minimum atomic E-state index is -4.78. The molecule has 4 aromatic rings. The Morgan fingerprint density at radius 2 is 1.80 bits per heavy atom. The summed E-state index contributed by atoms with van der Waals surface area (Å²) in [5.74, 6) is -2.52. The summed E-state index contributed by atoms with van der Waals surface area (Å²) in [6.45, 7) is 5.52. The molecule has 11 nitrogen and oxygen atoms in total. The smallest absolute Gasteiger partial charge is 0.410 e. The van der Waals surface area contributed by atoms with Gasteiger partial charge in [-0.2, -0.15) is 4.37 Å². The number of ether oxygens (including phenoxy) is 4. The molecule has 3 aromatic carbocycles. The highest BCUT2D eigenvalue weighted by Gasteiger charge is 2.36. The van der Waals surface area contributed by atoms with Crippen LogP contribution in [0.3, 0.4) is 0 Å². The molecule has 0 radical (unpaired) electrons. The molecule has 262 valence electrons. The number of carbonyl (C=O) groups excluding carboxylic acids is 1. The number of amides is 1. The largest absolute Gasteiger partial charge is 0.497 e. The number of anilines is 1. The third-order valence-electron chi connectivity index (χ3n) is 7.98. The van der Waals surface area contributed by atoms with Crippen LogP contribution in [0, 0.1) is 17.6 Å². The summed E-state index contributed by atoms with van der Waals surface area (Å²) in [7, 11) is -1.89. The van der Waals surface area contributed by atoms with Gasteiger partial charge in [-0.15, -0.1) is 0 Å². The number of hydrogen-bond acceptors (Lipinski definition) is 10. The highest BCUT2D eigenvalue weighted by molar-refractivity contribution is 7.93. The van der Waals surface area contributed by atoms with Crippen molar-refractivity contribution in [2.45, 2.75) is 50.2 Å². The van der Waals surface area contributed by atoms with Crippen LogP contribution in [0.15, 0.2) is 71.9 Å². The fourth-order valence-electron chi connectivity index (χ4n) is 5.65. The number of sulfonamides is 1. The van der Waals surface area contributed by atoms with Gasteiger partial charge in [0.2, 0.25) is 5.13 Å². The maximum atomic E-state index is 16.2. The molecule has 1 saturated heterocycles. The van der Waals surface area contributed by atoms with Crippen LogP contribution in [0.25, 0.3) is 0 Å². The highest BCUT2D eigenvalue weighted by atomic mass is 32.2. The number of methoxy groups -OCH3 is 2. The van der Waals surface area contributed by atoms with Crippen LogP contribution < -0.4 is 18.5 Å². The van der Waals surface area contributed by atoms with E-state index in [-0.39, 0.29) is 36.7 Å². The molecule has 0 aliphatic carbocycles. The first-order valence-electron chi connectivity index (χ1n) is 15.5. The maximum Gasteiger partial charge on any atom is 0.410 e. The summed E-state index contributed by atoms with van der Waals surface area (Å²) < 4.78 is 86.6. The maximum absolute atomic E-state index is 16.2. The second-order valence-electron chi connectivity index (χ2n) is 12.4. The molecule has 0 unspecified atom stereocenters. The number of nitrogens with zero attached hydrogens (tertiary/aromatic N) is 4. The van der Waals surface area contributed by atoms with Gasteiger partial charge >= 0.3 is 6.09 Å². The zero-order valence-corrected chi connectivity index (χ0v) is 29.4. The Morgan fingerprint density at radius 3 is 2.45 bits per heavy atom. The summed E-state index contributed by atoms with van der Waals surface area (Å²) in [5.41, 5.74) is 0.714. The van der Waals surface area contributed by atoms with Crippen molar-refractivity contribution in [3.8, 4) is 17.2 Å². The molecule has 1 aliphatic heterocycles. The van der Waals surface area contributed by atoms with Crippen LogP contribution in [0.5, 0.6) is 17.2 Å². The van der Waals surface area contributed by atoms with E-state index < -0.39 is 44.0 Å². The lowest BCUT2D eigenvalue weighted by Crippen LogP contribution is -2.46. The Morgan fingerprint density at radius 1 is 1.04 bits per heavy atom. The number of likely N-dealkylation sites (tertiary alicyclic amines) is 1. The number of aromatic nitrogens is 2.